The van der Waals surface area contributed by atoms with E-state index in [1.54, 1.807) is 29.7 Å². The summed E-state index contributed by atoms with van der Waals surface area (Å²) in [6, 6.07) is 9.22. The maximum atomic E-state index is 10.6. The minimum Gasteiger partial charge on any atom is -0.373 e. The third kappa shape index (κ3) is 5.66. The molecule has 0 spiro atoms. The second-order valence-electron chi connectivity index (χ2n) is 5.87. The molecule has 4 aromatic rings. The number of aromatic nitrogens is 4. The molecule has 0 atom stereocenters. The Kier molecular flexibility index (Phi) is 6.99. The number of anilines is 3. The summed E-state index contributed by atoms with van der Waals surface area (Å²) in [5.74, 6) is 1.58. The molecule has 0 unspecified atom stereocenters. The second-order valence-corrected chi connectivity index (χ2v) is 7.93. The quantitative estimate of drug-likeness (QED) is 0.438. The number of pyridine rings is 2. The second kappa shape index (κ2) is 9.85. The van der Waals surface area contributed by atoms with Gasteiger partial charge in [-0.3, -0.25) is 4.79 Å². The molecule has 148 valence electrons. The molecular formula is C20H20N6OS2. The number of aldehydes is 1. The molecule has 0 saturated heterocycles. The number of nitrogens with zero attached hydrogens (tertiary/aromatic N) is 4. The van der Waals surface area contributed by atoms with Gasteiger partial charge >= 0.3 is 0 Å². The zero-order valence-electron chi connectivity index (χ0n) is 16.2. The lowest BCUT2D eigenvalue weighted by Gasteiger charge is -2.00. The summed E-state index contributed by atoms with van der Waals surface area (Å²) < 4.78 is 0. The summed E-state index contributed by atoms with van der Waals surface area (Å²) >= 11 is 3.16. The van der Waals surface area contributed by atoms with Gasteiger partial charge in [0, 0.05) is 30.4 Å². The SMILES string of the molecule is CNc1ccccn1.Cc1nc(C)c(-c2csc(Nc3ccc(C=O)cn3)n2)s1. The maximum absolute atomic E-state index is 10.6. The van der Waals surface area contributed by atoms with Crippen molar-refractivity contribution in [1.82, 2.24) is 19.9 Å². The highest BCUT2D eigenvalue weighted by Crippen LogP contribution is 2.32. The molecule has 29 heavy (non-hydrogen) atoms. The fourth-order valence-electron chi connectivity index (χ4n) is 2.37. The van der Waals surface area contributed by atoms with Crippen molar-refractivity contribution in [3.63, 3.8) is 0 Å². The average Bonchev–Trinajstić information content (AvgIpc) is 3.35. The minimum absolute atomic E-state index is 0.552. The van der Waals surface area contributed by atoms with Gasteiger partial charge in [0.25, 0.3) is 0 Å². The van der Waals surface area contributed by atoms with E-state index in [4.69, 9.17) is 0 Å². The smallest absolute Gasteiger partial charge is 0.188 e. The zero-order valence-corrected chi connectivity index (χ0v) is 17.8. The summed E-state index contributed by atoms with van der Waals surface area (Å²) in [4.78, 5) is 28.8. The topological polar surface area (TPSA) is 92.7 Å². The lowest BCUT2D eigenvalue weighted by Crippen LogP contribution is -1.93. The fraction of sp³-hybridized carbons (Fsp3) is 0.150. The Bertz CT molecular complexity index is 1060. The van der Waals surface area contributed by atoms with Gasteiger partial charge in [0.2, 0.25) is 0 Å². The molecule has 2 N–H and O–H groups in total. The Balaban J connectivity index is 0.000000252. The number of hydrogen-bond acceptors (Lipinski definition) is 9. The Labute approximate surface area is 176 Å². The van der Waals surface area contributed by atoms with Gasteiger partial charge in [-0.25, -0.2) is 19.9 Å². The summed E-state index contributed by atoms with van der Waals surface area (Å²) in [6.45, 7) is 3.98. The van der Waals surface area contributed by atoms with Crippen molar-refractivity contribution in [2.24, 2.45) is 0 Å². The molecule has 0 aliphatic carbocycles. The number of nitrogens with one attached hydrogen (secondary N) is 2. The van der Waals surface area contributed by atoms with E-state index < -0.39 is 0 Å². The molecule has 0 aliphatic heterocycles. The molecule has 4 aromatic heterocycles. The molecule has 4 heterocycles. The van der Waals surface area contributed by atoms with Gasteiger partial charge < -0.3 is 10.6 Å². The van der Waals surface area contributed by atoms with E-state index in [0.717, 1.165) is 38.5 Å². The number of carbonyl (C=O) groups is 1. The Morgan fingerprint density at radius 2 is 1.90 bits per heavy atom. The molecule has 9 heteroatoms. The van der Waals surface area contributed by atoms with E-state index in [1.807, 2.05) is 44.5 Å². The molecule has 7 nitrogen and oxygen atoms in total. The first-order chi connectivity index (χ1) is 14.1. The largest absolute Gasteiger partial charge is 0.373 e. The van der Waals surface area contributed by atoms with Crippen LogP contribution in [0.1, 0.15) is 21.1 Å². The van der Waals surface area contributed by atoms with Gasteiger partial charge in [-0.2, -0.15) is 0 Å². The number of thiazole rings is 2. The van der Waals surface area contributed by atoms with Crippen molar-refractivity contribution in [2.75, 3.05) is 17.7 Å². The van der Waals surface area contributed by atoms with Gasteiger partial charge in [-0.1, -0.05) is 6.07 Å². The first-order valence-electron chi connectivity index (χ1n) is 8.76. The minimum atomic E-state index is 0.552. The van der Waals surface area contributed by atoms with E-state index in [1.165, 1.54) is 17.5 Å². The average molecular weight is 425 g/mol. The molecule has 0 aliphatic rings. The number of carbonyl (C=O) groups excluding carboxylic acids is 1. The van der Waals surface area contributed by atoms with E-state index in [2.05, 4.69) is 30.6 Å². The highest BCUT2D eigenvalue weighted by atomic mass is 32.1. The fourth-order valence-corrected chi connectivity index (χ4v) is 4.04. The molecule has 0 amide bonds. The standard InChI is InChI=1S/C14H12N4OS2.C6H8N2/c1-8-13(21-9(2)16-8)11-7-20-14(17-11)18-12-4-3-10(6-19)5-15-12;1-7-6-4-2-3-5-8-6/h3-7H,1-2H3,(H,15,17,18);2-5H,1H3,(H,7,8). The van der Waals surface area contributed by atoms with Crippen molar-refractivity contribution < 1.29 is 4.79 Å². The Hall–Kier alpha value is -3.17. The van der Waals surface area contributed by atoms with Gasteiger partial charge in [-0.05, 0) is 38.1 Å². The van der Waals surface area contributed by atoms with Crippen LogP contribution in [0.4, 0.5) is 16.8 Å². The molecule has 4 rings (SSSR count). The van der Waals surface area contributed by atoms with Crippen molar-refractivity contribution >= 4 is 45.7 Å². The summed E-state index contributed by atoms with van der Waals surface area (Å²) in [5, 5.41) is 9.86. The van der Waals surface area contributed by atoms with Crippen LogP contribution >= 0.6 is 22.7 Å². The van der Waals surface area contributed by atoms with E-state index in [0.29, 0.717) is 11.4 Å². The predicted octanol–water partition coefficient (Wildman–Crippen LogP) is 4.96. The summed E-state index contributed by atoms with van der Waals surface area (Å²) in [7, 11) is 1.85. The van der Waals surface area contributed by atoms with Crippen LogP contribution in [-0.2, 0) is 0 Å². The lowest BCUT2D eigenvalue weighted by molar-refractivity contribution is 0.112. The van der Waals surface area contributed by atoms with Gasteiger partial charge in [0.15, 0.2) is 11.4 Å². The third-order valence-corrected chi connectivity index (χ3v) is 5.57. The van der Waals surface area contributed by atoms with E-state index in [9.17, 15) is 4.79 Å². The number of hydrogen-bond donors (Lipinski definition) is 2. The normalized spacial score (nSPS) is 10.0. The van der Waals surface area contributed by atoms with Crippen molar-refractivity contribution in [1.29, 1.82) is 0 Å². The van der Waals surface area contributed by atoms with Gasteiger partial charge in [0.1, 0.15) is 11.6 Å². The first kappa shape index (κ1) is 20.6. The van der Waals surface area contributed by atoms with Crippen LogP contribution in [-0.4, -0.2) is 33.3 Å². The van der Waals surface area contributed by atoms with Crippen molar-refractivity contribution in [3.8, 4) is 10.6 Å². The molecule has 0 aromatic carbocycles. The van der Waals surface area contributed by atoms with E-state index in [-0.39, 0.29) is 0 Å². The van der Waals surface area contributed by atoms with Crippen LogP contribution in [0, 0.1) is 13.8 Å². The highest BCUT2D eigenvalue weighted by molar-refractivity contribution is 7.16. The Morgan fingerprint density at radius 1 is 1.03 bits per heavy atom. The van der Waals surface area contributed by atoms with Crippen molar-refractivity contribution in [2.45, 2.75) is 13.8 Å². The van der Waals surface area contributed by atoms with Crippen LogP contribution in [0.3, 0.4) is 0 Å². The van der Waals surface area contributed by atoms with Crippen LogP contribution in [0.5, 0.6) is 0 Å². The van der Waals surface area contributed by atoms with Crippen LogP contribution in [0.15, 0.2) is 48.1 Å². The highest BCUT2D eigenvalue weighted by Gasteiger charge is 2.11. The Morgan fingerprint density at radius 3 is 2.45 bits per heavy atom. The molecular weight excluding hydrogens is 404 g/mol. The van der Waals surface area contributed by atoms with Crippen LogP contribution in [0.25, 0.3) is 10.6 Å². The van der Waals surface area contributed by atoms with E-state index >= 15 is 0 Å². The van der Waals surface area contributed by atoms with Gasteiger partial charge in [0.05, 0.1) is 21.3 Å². The molecule has 0 radical (unpaired) electrons. The maximum Gasteiger partial charge on any atom is 0.188 e. The third-order valence-electron chi connectivity index (χ3n) is 3.72. The van der Waals surface area contributed by atoms with Crippen molar-refractivity contribution in [3.05, 3.63) is 64.4 Å². The molecule has 0 fully saturated rings. The van der Waals surface area contributed by atoms with Crippen LogP contribution < -0.4 is 10.6 Å². The number of aryl methyl sites for hydroxylation is 2. The van der Waals surface area contributed by atoms with Crippen LogP contribution in [0.2, 0.25) is 0 Å². The molecule has 0 bridgehead atoms. The summed E-state index contributed by atoms with van der Waals surface area (Å²) in [6.07, 6.45) is 4.06. The monoisotopic (exact) mass is 424 g/mol. The van der Waals surface area contributed by atoms with Gasteiger partial charge in [-0.15, -0.1) is 22.7 Å². The lowest BCUT2D eigenvalue weighted by atomic mass is 10.3. The summed E-state index contributed by atoms with van der Waals surface area (Å²) in [5.41, 5.74) is 2.48. The number of rotatable bonds is 5. The molecule has 0 saturated carbocycles. The zero-order chi connectivity index (χ0) is 20.6. The predicted molar refractivity (Wildman–Crippen MR) is 119 cm³/mol. The first-order valence-corrected chi connectivity index (χ1v) is 10.5.